The monoisotopic (exact) mass is 414 g/mol. The Morgan fingerprint density at radius 1 is 1.13 bits per heavy atom. The van der Waals surface area contributed by atoms with E-state index in [2.05, 4.69) is 4.99 Å². The van der Waals surface area contributed by atoms with Crippen LogP contribution < -0.4 is 17.2 Å². The highest BCUT2D eigenvalue weighted by Gasteiger charge is 2.23. The molecule has 30 heavy (non-hydrogen) atoms. The molecule has 2 atom stereocenters. The summed E-state index contributed by atoms with van der Waals surface area (Å²) in [5.74, 6) is -1.87. The van der Waals surface area contributed by atoms with Crippen molar-refractivity contribution in [2.24, 2.45) is 22.2 Å². The van der Waals surface area contributed by atoms with Crippen LogP contribution in [0.15, 0.2) is 34.8 Å². The number of guanidine groups is 1. The van der Waals surface area contributed by atoms with E-state index < -0.39 is 23.9 Å². The van der Waals surface area contributed by atoms with Gasteiger partial charge in [0.05, 0.1) is 5.92 Å². The molecule has 1 aliphatic carbocycles. The fourth-order valence-corrected chi connectivity index (χ4v) is 3.17. The Morgan fingerprint density at radius 3 is 2.43 bits per heavy atom. The van der Waals surface area contributed by atoms with Gasteiger partial charge in [-0.2, -0.15) is 0 Å². The molecule has 1 fully saturated rings. The number of ether oxygens (including phenoxy) is 1. The number of esters is 2. The fraction of sp³-hybridized carbons (Fsp3) is 0.455. The summed E-state index contributed by atoms with van der Waals surface area (Å²) in [6, 6.07) is 6.38. The van der Waals surface area contributed by atoms with Gasteiger partial charge in [0.2, 0.25) is 0 Å². The maximum atomic E-state index is 12.3. The first-order valence-corrected chi connectivity index (χ1v) is 10.2. The van der Waals surface area contributed by atoms with Gasteiger partial charge in [-0.15, -0.1) is 0 Å². The molecular weight excluding hydrogens is 384 g/mol. The van der Waals surface area contributed by atoms with Crippen molar-refractivity contribution in [3.63, 3.8) is 0 Å². The molecule has 0 spiro atoms. The van der Waals surface area contributed by atoms with Crippen molar-refractivity contribution >= 4 is 29.8 Å². The molecule has 0 amide bonds. The molecule has 1 aromatic carbocycles. The number of rotatable bonds is 8. The van der Waals surface area contributed by atoms with Crippen molar-refractivity contribution in [2.75, 3.05) is 6.54 Å². The van der Waals surface area contributed by atoms with Crippen molar-refractivity contribution < 1.29 is 19.1 Å². The Kier molecular flexibility index (Phi) is 8.73. The molecule has 0 saturated heterocycles. The molecule has 162 valence electrons. The number of aliphatic imine (C=N–C) groups is 1. The van der Waals surface area contributed by atoms with E-state index in [0.717, 1.165) is 30.4 Å². The molecule has 0 radical (unpaired) electrons. The van der Waals surface area contributed by atoms with E-state index in [1.54, 1.807) is 19.1 Å². The predicted octanol–water partition coefficient (Wildman–Crippen LogP) is 1.77. The number of carbonyl (C=O) groups excluding carboxylic acids is 3. The maximum absolute atomic E-state index is 12.3. The van der Waals surface area contributed by atoms with E-state index in [4.69, 9.17) is 21.9 Å². The van der Waals surface area contributed by atoms with Crippen molar-refractivity contribution in [3.05, 3.63) is 41.0 Å². The average molecular weight is 415 g/mol. The zero-order valence-electron chi connectivity index (χ0n) is 17.3. The molecule has 8 heteroatoms. The number of nitrogens with zero attached hydrogens (tertiary/aromatic N) is 1. The first-order valence-electron chi connectivity index (χ1n) is 10.2. The van der Waals surface area contributed by atoms with Crippen molar-refractivity contribution in [1.29, 1.82) is 0 Å². The molecule has 0 bridgehead atoms. The minimum absolute atomic E-state index is 0.0253. The van der Waals surface area contributed by atoms with Crippen LogP contribution >= 0.6 is 0 Å². The van der Waals surface area contributed by atoms with Crippen LogP contribution in [0.2, 0.25) is 0 Å². The van der Waals surface area contributed by atoms with Crippen LogP contribution in [0.25, 0.3) is 6.08 Å². The molecule has 1 saturated carbocycles. The van der Waals surface area contributed by atoms with Gasteiger partial charge in [0.1, 0.15) is 6.04 Å². The number of carbonyl (C=O) groups is 3. The molecule has 0 aromatic heterocycles. The van der Waals surface area contributed by atoms with Crippen LogP contribution in [-0.2, 0) is 19.1 Å². The predicted molar refractivity (Wildman–Crippen MR) is 115 cm³/mol. The molecule has 1 aliphatic rings. The Bertz CT molecular complexity index is 826. The van der Waals surface area contributed by atoms with Gasteiger partial charge in [-0.05, 0) is 61.8 Å². The largest absolute Gasteiger partial charge is 0.392 e. The van der Waals surface area contributed by atoms with E-state index in [9.17, 15) is 14.4 Å². The van der Waals surface area contributed by atoms with Gasteiger partial charge in [-0.3, -0.25) is 14.6 Å². The van der Waals surface area contributed by atoms with Crippen molar-refractivity contribution in [1.82, 2.24) is 0 Å². The first kappa shape index (κ1) is 23.3. The molecule has 1 aromatic rings. The van der Waals surface area contributed by atoms with Crippen LogP contribution in [-0.4, -0.2) is 36.3 Å². The van der Waals surface area contributed by atoms with Crippen LogP contribution in [0.3, 0.4) is 0 Å². The SMILES string of the molecule is CC(C(=O)OC(=O)[C@@H](N)CCCN=C(N)N)c1ccc(C=C2CCCCC2=O)cc1. The van der Waals surface area contributed by atoms with Gasteiger partial charge in [-0.25, -0.2) is 4.79 Å². The summed E-state index contributed by atoms with van der Waals surface area (Å²) in [7, 11) is 0. The highest BCUT2D eigenvalue weighted by atomic mass is 16.6. The highest BCUT2D eigenvalue weighted by Crippen LogP contribution is 2.24. The summed E-state index contributed by atoms with van der Waals surface area (Å²) in [4.78, 5) is 40.1. The smallest absolute Gasteiger partial charge is 0.330 e. The average Bonchev–Trinajstić information content (AvgIpc) is 2.72. The Balaban J connectivity index is 1.89. The van der Waals surface area contributed by atoms with Gasteiger partial charge >= 0.3 is 11.9 Å². The number of benzene rings is 1. The zero-order valence-corrected chi connectivity index (χ0v) is 17.3. The second-order valence-corrected chi connectivity index (χ2v) is 7.48. The second-order valence-electron chi connectivity index (χ2n) is 7.48. The molecule has 1 unspecified atom stereocenters. The summed E-state index contributed by atoms with van der Waals surface area (Å²) in [5.41, 5.74) is 18.7. The van der Waals surface area contributed by atoms with Crippen LogP contribution in [0.5, 0.6) is 0 Å². The number of hydrogen-bond donors (Lipinski definition) is 3. The van der Waals surface area contributed by atoms with Crippen LogP contribution in [0.1, 0.15) is 62.5 Å². The number of hydrogen-bond acceptors (Lipinski definition) is 6. The Labute approximate surface area is 176 Å². The van der Waals surface area contributed by atoms with Gasteiger partial charge in [0.15, 0.2) is 11.7 Å². The summed E-state index contributed by atoms with van der Waals surface area (Å²) in [6.07, 6.45) is 6.10. The Hall–Kier alpha value is -3.00. The molecule has 0 heterocycles. The topological polar surface area (TPSA) is 151 Å². The van der Waals surface area contributed by atoms with Gasteiger partial charge < -0.3 is 21.9 Å². The van der Waals surface area contributed by atoms with E-state index in [1.165, 1.54) is 0 Å². The normalized spacial score (nSPS) is 17.3. The molecule has 6 N–H and O–H groups in total. The van der Waals surface area contributed by atoms with Crippen molar-refractivity contribution in [3.8, 4) is 0 Å². The summed E-state index contributed by atoms with van der Waals surface area (Å²) < 4.78 is 4.93. The minimum atomic E-state index is -0.919. The maximum Gasteiger partial charge on any atom is 0.330 e. The lowest BCUT2D eigenvalue weighted by Gasteiger charge is -2.14. The van der Waals surface area contributed by atoms with E-state index in [0.29, 0.717) is 31.4 Å². The third kappa shape index (κ3) is 7.11. The lowest BCUT2D eigenvalue weighted by atomic mass is 9.91. The van der Waals surface area contributed by atoms with Crippen LogP contribution in [0, 0.1) is 0 Å². The van der Waals surface area contributed by atoms with Gasteiger partial charge in [0, 0.05) is 13.0 Å². The first-order chi connectivity index (χ1) is 14.3. The third-order valence-electron chi connectivity index (χ3n) is 5.06. The lowest BCUT2D eigenvalue weighted by Crippen LogP contribution is -2.35. The molecule has 0 aliphatic heterocycles. The van der Waals surface area contributed by atoms with Gasteiger partial charge in [0.25, 0.3) is 0 Å². The van der Waals surface area contributed by atoms with Gasteiger partial charge in [-0.1, -0.05) is 24.3 Å². The molecule has 8 nitrogen and oxygen atoms in total. The molecule has 2 rings (SSSR count). The van der Waals surface area contributed by atoms with Crippen LogP contribution in [0.4, 0.5) is 0 Å². The summed E-state index contributed by atoms with van der Waals surface area (Å²) in [6.45, 7) is 2.01. The summed E-state index contributed by atoms with van der Waals surface area (Å²) >= 11 is 0. The van der Waals surface area contributed by atoms with E-state index in [-0.39, 0.29) is 11.7 Å². The number of allylic oxidation sites excluding steroid dienone is 1. The third-order valence-corrected chi connectivity index (χ3v) is 5.06. The number of ketones is 1. The van der Waals surface area contributed by atoms with Crippen molar-refractivity contribution in [2.45, 2.75) is 57.4 Å². The highest BCUT2D eigenvalue weighted by molar-refractivity contribution is 6.00. The number of nitrogens with two attached hydrogens (primary N) is 3. The van der Waals surface area contributed by atoms with E-state index in [1.807, 2.05) is 18.2 Å². The zero-order chi connectivity index (χ0) is 22.1. The molecular formula is C22H30N4O4. The minimum Gasteiger partial charge on any atom is -0.392 e. The quantitative estimate of drug-likeness (QED) is 0.146. The fourth-order valence-electron chi connectivity index (χ4n) is 3.17. The standard InChI is InChI=1S/C22H30N4O4/c1-14(20(28)30-21(29)18(23)6-4-12-26-22(24)25)16-10-8-15(9-11-16)13-17-5-2-3-7-19(17)27/h8-11,13-14,18H,2-7,12,23H2,1H3,(H4,24,25,26)/t14?,18-/m0/s1. The second kappa shape index (κ2) is 11.3. The summed E-state index contributed by atoms with van der Waals surface area (Å²) in [5, 5.41) is 0. The Morgan fingerprint density at radius 2 is 1.80 bits per heavy atom. The number of Topliss-reactive ketones (excluding diaryl/α,β-unsaturated/α-hetero) is 1. The van der Waals surface area contributed by atoms with E-state index >= 15 is 0 Å². The lowest BCUT2D eigenvalue weighted by molar-refractivity contribution is -0.161.